The van der Waals surface area contributed by atoms with Gasteiger partial charge in [-0.15, -0.1) is 16.9 Å². The molecule has 2 amide bonds. The zero-order chi connectivity index (χ0) is 22.1. The molecule has 0 bridgehead atoms. The van der Waals surface area contributed by atoms with Gasteiger partial charge in [0.2, 0.25) is 11.7 Å². The molecule has 9 heteroatoms. The van der Waals surface area contributed by atoms with Crippen LogP contribution in [0.25, 0.3) is 0 Å². The average molecular weight is 449 g/mol. The molecule has 1 aromatic heterocycles. The van der Waals surface area contributed by atoms with Gasteiger partial charge in [-0.05, 0) is 30.2 Å². The molecule has 1 N–H and O–H groups in total. The fourth-order valence-electron chi connectivity index (χ4n) is 3.83. The molecule has 3 aromatic rings. The van der Waals surface area contributed by atoms with E-state index in [1.165, 1.54) is 12.7 Å². The van der Waals surface area contributed by atoms with Crippen LogP contribution in [0.15, 0.2) is 59.8 Å². The van der Waals surface area contributed by atoms with Crippen molar-refractivity contribution in [3.8, 4) is 0 Å². The first-order valence-corrected chi connectivity index (χ1v) is 11.6. The number of benzene rings is 2. The molecule has 1 atom stereocenters. The highest BCUT2D eigenvalue weighted by Gasteiger charge is 2.31. The maximum absolute atomic E-state index is 13.1. The third kappa shape index (κ3) is 4.08. The number of rotatable bonds is 5. The van der Waals surface area contributed by atoms with E-state index in [4.69, 9.17) is 0 Å². The van der Waals surface area contributed by atoms with Gasteiger partial charge in [-0.25, -0.2) is 9.67 Å². The van der Waals surface area contributed by atoms with E-state index in [2.05, 4.69) is 38.5 Å². The van der Waals surface area contributed by atoms with Crippen LogP contribution in [0.5, 0.6) is 0 Å². The number of anilines is 2. The molecule has 2 aliphatic rings. The van der Waals surface area contributed by atoms with E-state index in [1.807, 2.05) is 30.3 Å². The number of carbonyl (C=O) groups excluding carboxylic acids is 2. The summed E-state index contributed by atoms with van der Waals surface area (Å²) in [5, 5.41) is 7.11. The second-order valence-electron chi connectivity index (χ2n) is 7.98. The van der Waals surface area contributed by atoms with Crippen LogP contribution in [-0.4, -0.2) is 58.5 Å². The van der Waals surface area contributed by atoms with Crippen LogP contribution in [-0.2, 0) is 11.3 Å². The summed E-state index contributed by atoms with van der Waals surface area (Å²) < 4.78 is 1.62. The highest BCUT2D eigenvalue weighted by atomic mass is 32.2. The van der Waals surface area contributed by atoms with Crippen molar-refractivity contribution in [2.75, 3.05) is 35.7 Å². The van der Waals surface area contributed by atoms with E-state index in [0.29, 0.717) is 12.3 Å². The predicted octanol–water partition coefficient (Wildman–Crippen LogP) is 2.40. The standard InChI is InChI=1S/C23H24N6O2S/c1-27-19-12-17(28-10-5-11-28)8-9-20(19)32-14-18(23(27)31)25-22(30)21-24-15-29(26-21)13-16-6-3-2-4-7-16/h2-4,6-9,12,15,18H,5,10-11,13-14H2,1H3,(H,25,30)/t18-/m0/s1. The lowest BCUT2D eigenvalue weighted by molar-refractivity contribution is -0.119. The lowest BCUT2D eigenvalue weighted by Gasteiger charge is -2.34. The van der Waals surface area contributed by atoms with Crippen molar-refractivity contribution in [1.82, 2.24) is 20.1 Å². The summed E-state index contributed by atoms with van der Waals surface area (Å²) in [6.07, 6.45) is 2.73. The Labute approximate surface area is 190 Å². The lowest BCUT2D eigenvalue weighted by atomic mass is 10.1. The van der Waals surface area contributed by atoms with Crippen LogP contribution in [0, 0.1) is 0 Å². The normalized spacial score (nSPS) is 18.0. The molecule has 2 aliphatic heterocycles. The molecular weight excluding hydrogens is 424 g/mol. The molecule has 0 aliphatic carbocycles. The quantitative estimate of drug-likeness (QED) is 0.645. The molecule has 5 rings (SSSR count). The van der Waals surface area contributed by atoms with Crippen molar-refractivity contribution in [3.63, 3.8) is 0 Å². The van der Waals surface area contributed by atoms with Gasteiger partial charge in [-0.1, -0.05) is 30.3 Å². The fourth-order valence-corrected chi connectivity index (χ4v) is 4.91. The third-order valence-electron chi connectivity index (χ3n) is 5.79. The van der Waals surface area contributed by atoms with Crippen molar-refractivity contribution in [2.45, 2.75) is 23.9 Å². The minimum Gasteiger partial charge on any atom is -0.371 e. The first kappa shape index (κ1) is 20.6. The number of hydrogen-bond acceptors (Lipinski definition) is 6. The van der Waals surface area contributed by atoms with Gasteiger partial charge in [0.15, 0.2) is 0 Å². The van der Waals surface area contributed by atoms with E-state index in [1.54, 1.807) is 28.4 Å². The molecule has 2 aromatic carbocycles. The summed E-state index contributed by atoms with van der Waals surface area (Å²) in [5.41, 5.74) is 3.08. The highest BCUT2D eigenvalue weighted by molar-refractivity contribution is 7.99. The first-order valence-electron chi connectivity index (χ1n) is 10.6. The van der Waals surface area contributed by atoms with Crippen molar-refractivity contribution in [2.24, 2.45) is 0 Å². The highest BCUT2D eigenvalue weighted by Crippen LogP contribution is 2.37. The number of likely N-dealkylation sites (N-methyl/N-ethyl adjacent to an activating group) is 1. The van der Waals surface area contributed by atoms with Crippen molar-refractivity contribution in [1.29, 1.82) is 0 Å². The molecule has 0 spiro atoms. The van der Waals surface area contributed by atoms with Crippen LogP contribution >= 0.6 is 11.8 Å². The lowest BCUT2D eigenvalue weighted by Crippen LogP contribution is -2.48. The van der Waals surface area contributed by atoms with E-state index >= 15 is 0 Å². The minimum absolute atomic E-state index is 0.0585. The minimum atomic E-state index is -0.654. The molecular formula is C23H24N6O2S. The van der Waals surface area contributed by atoms with Gasteiger partial charge in [-0.2, -0.15) is 0 Å². The van der Waals surface area contributed by atoms with Gasteiger partial charge in [-0.3, -0.25) is 9.59 Å². The van der Waals surface area contributed by atoms with Crippen molar-refractivity contribution < 1.29 is 9.59 Å². The Kier molecular flexibility index (Phi) is 5.57. The van der Waals surface area contributed by atoms with Gasteiger partial charge in [0, 0.05) is 36.5 Å². The van der Waals surface area contributed by atoms with Crippen LogP contribution in [0.2, 0.25) is 0 Å². The summed E-state index contributed by atoms with van der Waals surface area (Å²) in [4.78, 5) is 35.0. The number of nitrogens with one attached hydrogen (secondary N) is 1. The van der Waals surface area contributed by atoms with E-state index in [-0.39, 0.29) is 11.7 Å². The molecule has 1 saturated heterocycles. The Bertz CT molecular complexity index is 1140. The van der Waals surface area contributed by atoms with Crippen LogP contribution in [0.4, 0.5) is 11.4 Å². The van der Waals surface area contributed by atoms with Crippen molar-refractivity contribution >= 4 is 35.0 Å². The largest absolute Gasteiger partial charge is 0.371 e. The number of amides is 2. The maximum Gasteiger partial charge on any atom is 0.291 e. The summed E-state index contributed by atoms with van der Waals surface area (Å²) in [6, 6.07) is 15.4. The Morgan fingerprint density at radius 3 is 2.75 bits per heavy atom. The molecule has 0 unspecified atom stereocenters. The summed E-state index contributed by atoms with van der Waals surface area (Å²) in [6.45, 7) is 2.62. The molecule has 1 fully saturated rings. The first-order chi connectivity index (χ1) is 15.6. The third-order valence-corrected chi connectivity index (χ3v) is 6.95. The van der Waals surface area contributed by atoms with Gasteiger partial charge in [0.25, 0.3) is 5.91 Å². The Morgan fingerprint density at radius 1 is 1.19 bits per heavy atom. The SMILES string of the molecule is CN1C(=O)[C@@H](NC(=O)c2ncn(Cc3ccccc3)n2)CSc2ccc(N3CCC3)cc21. The second kappa shape index (κ2) is 8.66. The van der Waals surface area contributed by atoms with E-state index < -0.39 is 11.9 Å². The van der Waals surface area contributed by atoms with Crippen LogP contribution in [0.1, 0.15) is 22.6 Å². The molecule has 164 valence electrons. The van der Waals surface area contributed by atoms with Gasteiger partial charge in [0.05, 0.1) is 12.2 Å². The molecule has 0 radical (unpaired) electrons. The van der Waals surface area contributed by atoms with Gasteiger partial charge >= 0.3 is 0 Å². The topological polar surface area (TPSA) is 83.4 Å². The Balaban J connectivity index is 1.27. The van der Waals surface area contributed by atoms with E-state index in [9.17, 15) is 9.59 Å². The van der Waals surface area contributed by atoms with Gasteiger partial charge in [0.1, 0.15) is 12.4 Å². The second-order valence-corrected chi connectivity index (χ2v) is 9.04. The number of hydrogen-bond donors (Lipinski definition) is 1. The predicted molar refractivity (Wildman–Crippen MR) is 124 cm³/mol. The van der Waals surface area contributed by atoms with Crippen LogP contribution < -0.4 is 15.1 Å². The van der Waals surface area contributed by atoms with Crippen LogP contribution in [0.3, 0.4) is 0 Å². The summed E-state index contributed by atoms with van der Waals surface area (Å²) in [7, 11) is 1.76. The summed E-state index contributed by atoms with van der Waals surface area (Å²) in [5.74, 6) is -0.0796. The Hall–Kier alpha value is -3.33. The smallest absolute Gasteiger partial charge is 0.291 e. The van der Waals surface area contributed by atoms with Gasteiger partial charge < -0.3 is 15.1 Å². The number of carbonyl (C=O) groups is 2. The van der Waals surface area contributed by atoms with Crippen molar-refractivity contribution in [3.05, 3.63) is 66.2 Å². The molecule has 0 saturated carbocycles. The van der Waals surface area contributed by atoms with E-state index in [0.717, 1.165) is 34.9 Å². The monoisotopic (exact) mass is 448 g/mol. The molecule has 3 heterocycles. The number of fused-ring (bicyclic) bond motifs is 1. The zero-order valence-corrected chi connectivity index (χ0v) is 18.6. The zero-order valence-electron chi connectivity index (χ0n) is 17.8. The number of nitrogens with zero attached hydrogens (tertiary/aromatic N) is 5. The Morgan fingerprint density at radius 2 is 2.00 bits per heavy atom. The number of aromatic nitrogens is 3. The summed E-state index contributed by atoms with van der Waals surface area (Å²) >= 11 is 1.57. The maximum atomic E-state index is 13.1. The number of thioether (sulfide) groups is 1. The fraction of sp³-hybridized carbons (Fsp3) is 0.304. The molecule has 8 nitrogen and oxygen atoms in total. The average Bonchev–Trinajstić information content (AvgIpc) is 3.20. The molecule has 32 heavy (non-hydrogen) atoms.